The smallest absolute Gasteiger partial charge is 0.303 e. The third-order valence-corrected chi connectivity index (χ3v) is 6.39. The molecule has 5 nitrogen and oxygen atoms in total. The first kappa shape index (κ1) is 18.9. The molecule has 1 aliphatic rings. The Morgan fingerprint density at radius 1 is 1.25 bits per heavy atom. The van der Waals surface area contributed by atoms with Crippen LogP contribution in [0.3, 0.4) is 0 Å². The second-order valence-electron chi connectivity index (χ2n) is 7.36. The average molecular weight is 397 g/mol. The van der Waals surface area contributed by atoms with Crippen molar-refractivity contribution in [3.05, 3.63) is 50.9 Å². The number of thiophene rings is 1. The summed E-state index contributed by atoms with van der Waals surface area (Å²) in [5.74, 6) is -0.118. The Kier molecular flexibility index (Phi) is 5.31. The summed E-state index contributed by atoms with van der Waals surface area (Å²) in [6.45, 7) is 2.36. The van der Waals surface area contributed by atoms with Crippen LogP contribution in [0.4, 0.5) is 0 Å². The van der Waals surface area contributed by atoms with Gasteiger partial charge in [0.2, 0.25) is 0 Å². The van der Waals surface area contributed by atoms with Crippen LogP contribution in [-0.4, -0.2) is 20.6 Å². The van der Waals surface area contributed by atoms with Crippen LogP contribution in [0.2, 0.25) is 0 Å². The monoisotopic (exact) mass is 396 g/mol. The van der Waals surface area contributed by atoms with Crippen molar-refractivity contribution < 1.29 is 9.90 Å². The lowest BCUT2D eigenvalue weighted by molar-refractivity contribution is -0.137. The van der Waals surface area contributed by atoms with Crippen LogP contribution in [0.5, 0.6) is 0 Å². The molecular formula is C22H24N2O3S. The van der Waals surface area contributed by atoms with Gasteiger partial charge in [-0.1, -0.05) is 25.1 Å². The van der Waals surface area contributed by atoms with Gasteiger partial charge in [-0.25, -0.2) is 4.98 Å². The van der Waals surface area contributed by atoms with E-state index in [9.17, 15) is 9.59 Å². The summed E-state index contributed by atoms with van der Waals surface area (Å²) in [5.41, 5.74) is 4.78. The largest absolute Gasteiger partial charge is 0.481 e. The third kappa shape index (κ3) is 3.49. The van der Waals surface area contributed by atoms with Crippen molar-refractivity contribution in [1.82, 2.24) is 9.55 Å². The number of hydrogen-bond donors (Lipinski definition) is 1. The zero-order valence-corrected chi connectivity index (χ0v) is 16.8. The van der Waals surface area contributed by atoms with E-state index in [2.05, 4.69) is 18.2 Å². The van der Waals surface area contributed by atoms with Crippen molar-refractivity contribution in [3.63, 3.8) is 0 Å². The fraction of sp³-hybridized carbons (Fsp3) is 0.409. The highest BCUT2D eigenvalue weighted by atomic mass is 32.1. The molecule has 0 aliphatic heterocycles. The molecule has 0 saturated heterocycles. The number of hydrogen-bond acceptors (Lipinski definition) is 4. The molecule has 2 heterocycles. The number of carboxylic acid groups (broad SMARTS) is 1. The minimum Gasteiger partial charge on any atom is -0.481 e. The molecule has 0 spiro atoms. The number of carbonyl (C=O) groups is 1. The van der Waals surface area contributed by atoms with E-state index >= 15 is 0 Å². The van der Waals surface area contributed by atoms with Crippen molar-refractivity contribution in [1.29, 1.82) is 0 Å². The first-order valence-corrected chi connectivity index (χ1v) is 10.8. The summed E-state index contributed by atoms with van der Waals surface area (Å²) in [6.07, 6.45) is 5.82. The van der Waals surface area contributed by atoms with Gasteiger partial charge in [0.1, 0.15) is 10.7 Å². The third-order valence-electron chi connectivity index (χ3n) is 5.52. The number of rotatable bonds is 6. The number of aliphatic carboxylic acids is 1. The van der Waals surface area contributed by atoms with Gasteiger partial charge in [-0.05, 0) is 48.8 Å². The molecule has 0 amide bonds. The van der Waals surface area contributed by atoms with E-state index in [1.54, 1.807) is 4.57 Å². The minimum absolute atomic E-state index is 0.0505. The van der Waals surface area contributed by atoms with E-state index in [1.165, 1.54) is 35.3 Å². The molecule has 0 unspecified atom stereocenters. The van der Waals surface area contributed by atoms with Gasteiger partial charge < -0.3 is 5.11 Å². The predicted octanol–water partition coefficient (Wildman–Crippen LogP) is 4.43. The summed E-state index contributed by atoms with van der Waals surface area (Å²) in [4.78, 5) is 29.7. The van der Waals surface area contributed by atoms with Crippen molar-refractivity contribution in [2.24, 2.45) is 0 Å². The Morgan fingerprint density at radius 3 is 2.79 bits per heavy atom. The van der Waals surface area contributed by atoms with Gasteiger partial charge in [-0.2, -0.15) is 0 Å². The van der Waals surface area contributed by atoms with Gasteiger partial charge in [0.25, 0.3) is 5.56 Å². The fourth-order valence-corrected chi connectivity index (χ4v) is 5.03. The molecule has 0 bridgehead atoms. The Bertz CT molecular complexity index is 1100. The van der Waals surface area contributed by atoms with E-state index in [1.807, 2.05) is 12.3 Å². The molecule has 0 radical (unpaired) electrons. The van der Waals surface area contributed by atoms with Gasteiger partial charge in [0, 0.05) is 30.3 Å². The molecule has 0 saturated carbocycles. The lowest BCUT2D eigenvalue weighted by Crippen LogP contribution is -2.25. The minimum atomic E-state index is -0.842. The summed E-state index contributed by atoms with van der Waals surface area (Å²) in [5, 5.41) is 11.6. The topological polar surface area (TPSA) is 72.2 Å². The number of nitrogens with zero attached hydrogens (tertiary/aromatic N) is 2. The second-order valence-corrected chi connectivity index (χ2v) is 8.21. The second kappa shape index (κ2) is 7.87. The maximum absolute atomic E-state index is 13.3. The van der Waals surface area contributed by atoms with Crippen LogP contribution in [0.1, 0.15) is 49.6 Å². The molecule has 1 aromatic carbocycles. The first-order chi connectivity index (χ1) is 13.6. The standard InChI is InChI=1S/C22H24N2O3S/c1-2-18-23-21-20(22(27)24(18)11-5-8-19(25)26)17(13-28-21)16-10-9-14-6-3-4-7-15(14)12-16/h9-10,12-13H,2-8,11H2,1H3,(H,25,26). The molecule has 6 heteroatoms. The lowest BCUT2D eigenvalue weighted by Gasteiger charge is -2.16. The Morgan fingerprint density at radius 2 is 2.04 bits per heavy atom. The number of fused-ring (bicyclic) bond motifs is 2. The SMILES string of the molecule is CCc1nc2scc(-c3ccc4c(c3)CCCC4)c2c(=O)n1CCCC(=O)O. The van der Waals surface area contributed by atoms with Crippen LogP contribution in [0.15, 0.2) is 28.4 Å². The molecule has 0 atom stereocenters. The maximum atomic E-state index is 13.3. The van der Waals surface area contributed by atoms with Crippen LogP contribution in [0, 0.1) is 0 Å². The maximum Gasteiger partial charge on any atom is 0.303 e. The highest BCUT2D eigenvalue weighted by Crippen LogP contribution is 2.33. The number of aryl methyl sites for hydroxylation is 3. The zero-order chi connectivity index (χ0) is 19.7. The normalized spacial score (nSPS) is 13.6. The van der Waals surface area contributed by atoms with Gasteiger partial charge in [0.15, 0.2) is 0 Å². The highest BCUT2D eigenvalue weighted by Gasteiger charge is 2.18. The Balaban J connectivity index is 1.80. The van der Waals surface area contributed by atoms with E-state index < -0.39 is 5.97 Å². The first-order valence-electron chi connectivity index (χ1n) is 9.93. The van der Waals surface area contributed by atoms with Crippen LogP contribution in [-0.2, 0) is 30.6 Å². The predicted molar refractivity (Wildman–Crippen MR) is 112 cm³/mol. The molecule has 28 heavy (non-hydrogen) atoms. The fourth-order valence-electron chi connectivity index (χ4n) is 4.07. The quantitative estimate of drug-likeness (QED) is 0.669. The van der Waals surface area contributed by atoms with E-state index in [4.69, 9.17) is 10.1 Å². The van der Waals surface area contributed by atoms with E-state index in [0.29, 0.717) is 24.8 Å². The van der Waals surface area contributed by atoms with Crippen LogP contribution in [0.25, 0.3) is 21.3 Å². The zero-order valence-electron chi connectivity index (χ0n) is 16.0. The van der Waals surface area contributed by atoms with Crippen molar-refractivity contribution in [3.8, 4) is 11.1 Å². The number of aromatic nitrogens is 2. The summed E-state index contributed by atoms with van der Waals surface area (Å²) >= 11 is 1.51. The average Bonchev–Trinajstić information content (AvgIpc) is 3.13. The van der Waals surface area contributed by atoms with Crippen molar-refractivity contribution >= 4 is 27.5 Å². The molecule has 1 aliphatic carbocycles. The van der Waals surface area contributed by atoms with Crippen molar-refractivity contribution in [2.75, 3.05) is 0 Å². The number of benzene rings is 1. The van der Waals surface area contributed by atoms with Gasteiger partial charge >= 0.3 is 5.97 Å². The van der Waals surface area contributed by atoms with E-state index in [0.717, 1.165) is 34.6 Å². The molecular weight excluding hydrogens is 372 g/mol. The molecule has 0 fully saturated rings. The lowest BCUT2D eigenvalue weighted by atomic mass is 9.89. The Hall–Kier alpha value is -2.47. The molecule has 2 aromatic heterocycles. The molecule has 4 rings (SSSR count). The molecule has 146 valence electrons. The van der Waals surface area contributed by atoms with Crippen LogP contribution >= 0.6 is 11.3 Å². The van der Waals surface area contributed by atoms with Gasteiger partial charge in [-0.3, -0.25) is 14.2 Å². The summed E-state index contributed by atoms with van der Waals surface area (Å²) in [6, 6.07) is 6.55. The molecule has 1 N–H and O–H groups in total. The number of carboxylic acids is 1. The van der Waals surface area contributed by atoms with E-state index in [-0.39, 0.29) is 12.0 Å². The van der Waals surface area contributed by atoms with Gasteiger partial charge in [-0.15, -0.1) is 11.3 Å². The summed E-state index contributed by atoms with van der Waals surface area (Å²) in [7, 11) is 0. The Labute approximate surface area is 167 Å². The molecule has 3 aromatic rings. The van der Waals surface area contributed by atoms with Crippen molar-refractivity contribution in [2.45, 2.75) is 58.4 Å². The highest BCUT2D eigenvalue weighted by molar-refractivity contribution is 7.17. The van der Waals surface area contributed by atoms with Crippen LogP contribution < -0.4 is 5.56 Å². The summed E-state index contributed by atoms with van der Waals surface area (Å²) < 4.78 is 1.67. The van der Waals surface area contributed by atoms with Gasteiger partial charge in [0.05, 0.1) is 5.39 Å².